The fourth-order valence-electron chi connectivity index (χ4n) is 3.95. The van der Waals surface area contributed by atoms with Gasteiger partial charge in [-0.15, -0.1) is 0 Å². The number of benzene rings is 2. The summed E-state index contributed by atoms with van der Waals surface area (Å²) >= 11 is 0. The number of para-hydroxylation sites is 1. The molecule has 1 fully saturated rings. The van der Waals surface area contributed by atoms with E-state index in [0.717, 1.165) is 38.2 Å². The summed E-state index contributed by atoms with van der Waals surface area (Å²) in [6.45, 7) is 4.99. The summed E-state index contributed by atoms with van der Waals surface area (Å²) in [6, 6.07) is 14.5. The lowest BCUT2D eigenvalue weighted by Crippen LogP contribution is -2.40. The van der Waals surface area contributed by atoms with E-state index in [-0.39, 0.29) is 12.0 Å². The number of aryl methyl sites for hydroxylation is 1. The Labute approximate surface area is 153 Å². The molecule has 0 radical (unpaired) electrons. The van der Waals surface area contributed by atoms with Crippen molar-refractivity contribution in [2.45, 2.75) is 32.4 Å². The SMILES string of the molecule is CCn1c2ccccc2c2cc(NC(=O)CN3CCC(O)CC3)ccc21. The first kappa shape index (κ1) is 17.1. The smallest absolute Gasteiger partial charge is 0.238 e. The van der Waals surface area contributed by atoms with Crippen LogP contribution < -0.4 is 5.32 Å². The Balaban J connectivity index is 1.56. The molecule has 5 nitrogen and oxygen atoms in total. The number of nitrogens with zero attached hydrogens (tertiary/aromatic N) is 2. The number of carbonyl (C=O) groups excluding carboxylic acids is 1. The van der Waals surface area contributed by atoms with Crippen molar-refractivity contribution in [2.75, 3.05) is 25.0 Å². The first-order valence-electron chi connectivity index (χ1n) is 9.37. The zero-order valence-electron chi connectivity index (χ0n) is 15.1. The summed E-state index contributed by atoms with van der Waals surface area (Å²) in [7, 11) is 0. The first-order valence-corrected chi connectivity index (χ1v) is 9.37. The number of carbonyl (C=O) groups is 1. The molecule has 136 valence electrons. The average molecular weight is 351 g/mol. The Hall–Kier alpha value is -2.37. The Morgan fingerprint density at radius 3 is 2.62 bits per heavy atom. The number of likely N-dealkylation sites (tertiary alicyclic amines) is 1. The highest BCUT2D eigenvalue weighted by molar-refractivity contribution is 6.09. The molecule has 1 aliphatic rings. The van der Waals surface area contributed by atoms with Gasteiger partial charge in [0.15, 0.2) is 0 Å². The predicted octanol–water partition coefficient (Wildman–Crippen LogP) is 3.21. The molecule has 1 aromatic heterocycles. The summed E-state index contributed by atoms with van der Waals surface area (Å²) in [4.78, 5) is 14.5. The van der Waals surface area contributed by atoms with Gasteiger partial charge in [-0.1, -0.05) is 18.2 Å². The van der Waals surface area contributed by atoms with Crippen LogP contribution in [0.4, 0.5) is 5.69 Å². The number of anilines is 1. The van der Waals surface area contributed by atoms with Gasteiger partial charge < -0.3 is 15.0 Å². The zero-order valence-corrected chi connectivity index (χ0v) is 15.1. The molecule has 1 aliphatic heterocycles. The standard InChI is InChI=1S/C21H25N3O2/c1-2-24-19-6-4-3-5-17(19)18-13-15(7-8-20(18)24)22-21(26)14-23-11-9-16(25)10-12-23/h3-8,13,16,25H,2,9-12,14H2,1H3,(H,22,26). The highest BCUT2D eigenvalue weighted by Crippen LogP contribution is 2.30. The fourth-order valence-corrected chi connectivity index (χ4v) is 3.95. The van der Waals surface area contributed by atoms with E-state index in [1.165, 1.54) is 21.8 Å². The van der Waals surface area contributed by atoms with Crippen molar-refractivity contribution in [3.8, 4) is 0 Å². The molecule has 0 atom stereocenters. The van der Waals surface area contributed by atoms with E-state index < -0.39 is 0 Å². The molecule has 3 aromatic rings. The Morgan fingerprint density at radius 1 is 1.12 bits per heavy atom. The van der Waals surface area contributed by atoms with Gasteiger partial charge in [0.1, 0.15) is 0 Å². The molecule has 0 saturated carbocycles. The zero-order chi connectivity index (χ0) is 18.1. The van der Waals surface area contributed by atoms with Gasteiger partial charge in [-0.25, -0.2) is 0 Å². The van der Waals surface area contributed by atoms with Gasteiger partial charge in [0.05, 0.1) is 12.6 Å². The van der Waals surface area contributed by atoms with E-state index in [2.05, 4.69) is 58.1 Å². The summed E-state index contributed by atoms with van der Waals surface area (Å²) in [6.07, 6.45) is 1.28. The molecule has 26 heavy (non-hydrogen) atoms. The van der Waals surface area contributed by atoms with Gasteiger partial charge in [0.25, 0.3) is 0 Å². The number of aromatic nitrogens is 1. The third-order valence-corrected chi connectivity index (χ3v) is 5.30. The molecular weight excluding hydrogens is 326 g/mol. The second kappa shape index (κ2) is 7.09. The minimum Gasteiger partial charge on any atom is -0.393 e. The van der Waals surface area contributed by atoms with Crippen LogP contribution in [0.15, 0.2) is 42.5 Å². The van der Waals surface area contributed by atoms with Crippen LogP contribution in [0.2, 0.25) is 0 Å². The van der Waals surface area contributed by atoms with E-state index in [1.807, 2.05) is 6.07 Å². The van der Waals surface area contributed by atoms with Crippen LogP contribution >= 0.6 is 0 Å². The average Bonchev–Trinajstić information content (AvgIpc) is 2.97. The van der Waals surface area contributed by atoms with Crippen molar-refractivity contribution in [3.05, 3.63) is 42.5 Å². The van der Waals surface area contributed by atoms with Gasteiger partial charge in [-0.3, -0.25) is 9.69 Å². The molecule has 0 aliphatic carbocycles. The van der Waals surface area contributed by atoms with Crippen molar-refractivity contribution in [2.24, 2.45) is 0 Å². The predicted molar refractivity (Wildman–Crippen MR) is 105 cm³/mol. The molecule has 0 spiro atoms. The molecule has 2 N–H and O–H groups in total. The lowest BCUT2D eigenvalue weighted by atomic mass is 10.1. The number of amides is 1. The Morgan fingerprint density at radius 2 is 1.85 bits per heavy atom. The molecule has 1 amide bonds. The van der Waals surface area contributed by atoms with Crippen LogP contribution in [-0.2, 0) is 11.3 Å². The van der Waals surface area contributed by atoms with Crippen LogP contribution in [0.5, 0.6) is 0 Å². The van der Waals surface area contributed by atoms with Crippen molar-refractivity contribution in [1.29, 1.82) is 0 Å². The monoisotopic (exact) mass is 351 g/mol. The van der Waals surface area contributed by atoms with Crippen molar-refractivity contribution in [3.63, 3.8) is 0 Å². The molecule has 1 saturated heterocycles. The Bertz CT molecular complexity index is 939. The second-order valence-corrected chi connectivity index (χ2v) is 7.05. The molecule has 2 heterocycles. The molecule has 5 heteroatoms. The van der Waals surface area contributed by atoms with Crippen molar-refractivity contribution in [1.82, 2.24) is 9.47 Å². The summed E-state index contributed by atoms with van der Waals surface area (Å²) in [5.74, 6) is -0.0000282. The summed E-state index contributed by atoms with van der Waals surface area (Å²) < 4.78 is 2.30. The second-order valence-electron chi connectivity index (χ2n) is 7.05. The van der Waals surface area contributed by atoms with E-state index in [1.54, 1.807) is 0 Å². The molecular formula is C21H25N3O2. The van der Waals surface area contributed by atoms with Crippen LogP contribution in [-0.4, -0.2) is 46.2 Å². The molecule has 0 bridgehead atoms. The number of hydrogen-bond acceptors (Lipinski definition) is 3. The third kappa shape index (κ3) is 3.20. The van der Waals surface area contributed by atoms with Crippen LogP contribution in [0.3, 0.4) is 0 Å². The lowest BCUT2D eigenvalue weighted by molar-refractivity contribution is -0.117. The molecule has 2 aromatic carbocycles. The maximum atomic E-state index is 12.4. The normalized spacial score (nSPS) is 16.4. The van der Waals surface area contributed by atoms with Crippen LogP contribution in [0, 0.1) is 0 Å². The number of rotatable bonds is 4. The quantitative estimate of drug-likeness (QED) is 0.759. The molecule has 0 unspecified atom stereocenters. The summed E-state index contributed by atoms with van der Waals surface area (Å²) in [5.41, 5.74) is 3.25. The number of aliphatic hydroxyl groups is 1. The van der Waals surface area contributed by atoms with Crippen LogP contribution in [0.1, 0.15) is 19.8 Å². The largest absolute Gasteiger partial charge is 0.393 e. The minimum absolute atomic E-state index is 0.0000282. The first-order chi connectivity index (χ1) is 12.7. The van der Waals surface area contributed by atoms with E-state index in [4.69, 9.17) is 0 Å². The maximum absolute atomic E-state index is 12.4. The Kier molecular flexibility index (Phi) is 4.66. The number of piperidine rings is 1. The van der Waals surface area contributed by atoms with Crippen LogP contribution in [0.25, 0.3) is 21.8 Å². The van der Waals surface area contributed by atoms with Crippen molar-refractivity contribution < 1.29 is 9.90 Å². The number of fused-ring (bicyclic) bond motifs is 3. The topological polar surface area (TPSA) is 57.5 Å². The summed E-state index contributed by atoms with van der Waals surface area (Å²) in [5, 5.41) is 15.0. The number of aliphatic hydroxyl groups excluding tert-OH is 1. The van der Waals surface area contributed by atoms with Gasteiger partial charge >= 0.3 is 0 Å². The van der Waals surface area contributed by atoms with E-state index in [0.29, 0.717) is 6.54 Å². The van der Waals surface area contributed by atoms with Gasteiger partial charge in [-0.05, 0) is 44.0 Å². The minimum atomic E-state index is -0.215. The lowest BCUT2D eigenvalue weighted by Gasteiger charge is -2.28. The third-order valence-electron chi connectivity index (χ3n) is 5.30. The number of hydrogen-bond donors (Lipinski definition) is 2. The highest BCUT2D eigenvalue weighted by Gasteiger charge is 2.19. The van der Waals surface area contributed by atoms with Gasteiger partial charge in [0, 0.05) is 47.1 Å². The van der Waals surface area contributed by atoms with Gasteiger partial charge in [0.2, 0.25) is 5.91 Å². The van der Waals surface area contributed by atoms with Gasteiger partial charge in [-0.2, -0.15) is 0 Å². The fraction of sp³-hybridized carbons (Fsp3) is 0.381. The maximum Gasteiger partial charge on any atom is 0.238 e. The number of nitrogens with one attached hydrogen (secondary N) is 1. The van der Waals surface area contributed by atoms with E-state index >= 15 is 0 Å². The highest BCUT2D eigenvalue weighted by atomic mass is 16.3. The van der Waals surface area contributed by atoms with Crippen molar-refractivity contribution >= 4 is 33.4 Å². The van der Waals surface area contributed by atoms with E-state index in [9.17, 15) is 9.90 Å². The molecule has 4 rings (SSSR count).